The SMILES string of the molecule is [2H]C([2H])(C)O[C@H]1CC[C@@]2(Cc3ccc(-c4cccnc4F)cc3[C@]23N=C(N)OC3([2H])[2H])C[C@@H]1C. The molecule has 2 aliphatic carbocycles. The number of aromatic nitrogens is 1. The van der Waals surface area contributed by atoms with Crippen molar-refractivity contribution < 1.29 is 19.3 Å². The molecule has 1 saturated carbocycles. The van der Waals surface area contributed by atoms with Crippen LogP contribution < -0.4 is 5.73 Å². The molecule has 2 heterocycles. The Balaban J connectivity index is 1.63. The number of ether oxygens (including phenoxy) is 2. The lowest BCUT2D eigenvalue weighted by molar-refractivity contribution is -0.0588. The molecule has 3 aliphatic rings. The number of aliphatic imine (C=N–C) groups is 1. The van der Waals surface area contributed by atoms with Crippen molar-refractivity contribution >= 4 is 6.02 Å². The quantitative estimate of drug-likeness (QED) is 0.766. The summed E-state index contributed by atoms with van der Waals surface area (Å²) < 4.78 is 59.1. The summed E-state index contributed by atoms with van der Waals surface area (Å²) in [5, 5.41) is 0. The standard InChI is InChI=1S/C24H28FN3O2/c1-3-29-20-8-9-23(12-15(20)2)13-17-7-6-16(18-5-4-10-27-21(18)25)11-19(17)24(23)14-30-22(26)28-24/h4-7,10-11,15,20H,3,8-9,12-14H2,1-2H3,(H2,26,28)/t15-,20-,23-,24-/m0/s1/i3D2,14D2. The summed E-state index contributed by atoms with van der Waals surface area (Å²) >= 11 is 0. The highest BCUT2D eigenvalue weighted by atomic mass is 19.1. The second-order valence-corrected chi connectivity index (χ2v) is 8.62. The number of hydrogen-bond acceptors (Lipinski definition) is 5. The molecule has 4 atom stereocenters. The molecule has 30 heavy (non-hydrogen) atoms. The molecule has 2 spiro atoms. The fourth-order valence-corrected chi connectivity index (χ4v) is 5.66. The molecule has 0 saturated heterocycles. The fourth-order valence-electron chi connectivity index (χ4n) is 5.66. The zero-order valence-corrected chi connectivity index (χ0v) is 17.1. The molecule has 6 heteroatoms. The van der Waals surface area contributed by atoms with Crippen LogP contribution in [-0.4, -0.2) is 30.2 Å². The minimum Gasteiger partial charge on any atom is -0.462 e. The lowest BCUT2D eigenvalue weighted by Crippen LogP contribution is -2.48. The Morgan fingerprint density at radius 3 is 3.00 bits per heavy atom. The molecule has 0 radical (unpaired) electrons. The van der Waals surface area contributed by atoms with Gasteiger partial charge in [0, 0.05) is 23.7 Å². The number of rotatable bonds is 3. The third kappa shape index (κ3) is 2.77. The van der Waals surface area contributed by atoms with Gasteiger partial charge in [0.25, 0.3) is 6.02 Å². The molecule has 5 rings (SSSR count). The summed E-state index contributed by atoms with van der Waals surface area (Å²) in [6.45, 7) is -0.565. The Morgan fingerprint density at radius 1 is 1.43 bits per heavy atom. The van der Waals surface area contributed by atoms with Crippen LogP contribution in [-0.2, 0) is 21.4 Å². The number of halogens is 1. The lowest BCUT2D eigenvalue weighted by atomic mass is 9.59. The van der Waals surface area contributed by atoms with Crippen LogP contribution in [0.25, 0.3) is 11.1 Å². The second kappa shape index (κ2) is 7.05. The van der Waals surface area contributed by atoms with Gasteiger partial charge in [-0.25, -0.2) is 9.98 Å². The van der Waals surface area contributed by atoms with E-state index in [-0.39, 0.29) is 18.0 Å². The van der Waals surface area contributed by atoms with Gasteiger partial charge in [-0.15, -0.1) is 0 Å². The van der Waals surface area contributed by atoms with Crippen LogP contribution >= 0.6 is 0 Å². The number of nitrogens with two attached hydrogens (primary N) is 1. The van der Waals surface area contributed by atoms with Crippen LogP contribution in [0.2, 0.25) is 0 Å². The van der Waals surface area contributed by atoms with Crippen molar-refractivity contribution in [3.05, 3.63) is 53.6 Å². The van der Waals surface area contributed by atoms with Crippen molar-refractivity contribution in [1.29, 1.82) is 0 Å². The summed E-state index contributed by atoms with van der Waals surface area (Å²) in [5.74, 6) is -0.643. The van der Waals surface area contributed by atoms with Gasteiger partial charge in [0.05, 0.1) is 11.6 Å². The molecule has 1 aromatic carbocycles. The number of amidine groups is 1. The number of pyridine rings is 1. The molecule has 5 nitrogen and oxygen atoms in total. The zero-order chi connectivity index (χ0) is 24.5. The van der Waals surface area contributed by atoms with E-state index in [2.05, 4.69) is 9.98 Å². The lowest BCUT2D eigenvalue weighted by Gasteiger charge is -2.48. The molecule has 2 N–H and O–H groups in total. The maximum atomic E-state index is 14.5. The van der Waals surface area contributed by atoms with Crippen molar-refractivity contribution in [3.8, 4) is 11.1 Å². The van der Waals surface area contributed by atoms with Crippen molar-refractivity contribution in [2.45, 2.75) is 51.2 Å². The number of nitrogens with zero attached hydrogens (tertiary/aromatic N) is 2. The first kappa shape index (κ1) is 15.3. The highest BCUT2D eigenvalue weighted by molar-refractivity contribution is 5.76. The Hall–Kier alpha value is -2.47. The van der Waals surface area contributed by atoms with Crippen LogP contribution in [0.4, 0.5) is 4.39 Å². The Kier molecular flexibility index (Phi) is 3.61. The highest BCUT2D eigenvalue weighted by Gasteiger charge is 2.62. The summed E-state index contributed by atoms with van der Waals surface area (Å²) in [5.41, 5.74) is 6.41. The summed E-state index contributed by atoms with van der Waals surface area (Å²) in [7, 11) is 0. The molecular formula is C24H28FN3O2. The van der Waals surface area contributed by atoms with Crippen molar-refractivity contribution in [3.63, 3.8) is 0 Å². The molecule has 1 aromatic heterocycles. The predicted octanol–water partition coefficient (Wildman–Crippen LogP) is 4.20. The highest BCUT2D eigenvalue weighted by Crippen LogP contribution is 2.62. The average Bonchev–Trinajstić information content (AvgIpc) is 3.14. The third-order valence-electron chi connectivity index (χ3n) is 6.97. The molecule has 1 fully saturated rings. The van der Waals surface area contributed by atoms with Gasteiger partial charge < -0.3 is 15.2 Å². The maximum Gasteiger partial charge on any atom is 0.283 e. The number of fused-ring (bicyclic) bond motifs is 3. The average molecular weight is 414 g/mol. The van der Waals surface area contributed by atoms with Gasteiger partial charge in [0.1, 0.15) is 12.1 Å². The minimum absolute atomic E-state index is 0.0435. The van der Waals surface area contributed by atoms with E-state index in [1.807, 2.05) is 19.1 Å². The normalized spacial score (nSPS) is 36.4. The zero-order valence-electron chi connectivity index (χ0n) is 21.1. The third-order valence-corrected chi connectivity index (χ3v) is 6.97. The van der Waals surface area contributed by atoms with Gasteiger partial charge in [-0.1, -0.05) is 19.1 Å². The molecular weight excluding hydrogens is 381 g/mol. The van der Waals surface area contributed by atoms with E-state index in [1.165, 1.54) is 13.1 Å². The van der Waals surface area contributed by atoms with E-state index in [0.717, 1.165) is 5.56 Å². The van der Waals surface area contributed by atoms with Gasteiger partial charge in [0.15, 0.2) is 0 Å². The van der Waals surface area contributed by atoms with Crippen molar-refractivity contribution in [1.82, 2.24) is 4.98 Å². The van der Waals surface area contributed by atoms with Gasteiger partial charge in [-0.3, -0.25) is 0 Å². The molecule has 2 aromatic rings. The van der Waals surface area contributed by atoms with E-state index >= 15 is 0 Å². The maximum absolute atomic E-state index is 14.5. The van der Waals surface area contributed by atoms with E-state index in [1.54, 1.807) is 18.2 Å². The monoisotopic (exact) mass is 413 g/mol. The smallest absolute Gasteiger partial charge is 0.283 e. The van der Waals surface area contributed by atoms with E-state index in [4.69, 9.17) is 20.7 Å². The Bertz CT molecular complexity index is 1170. The van der Waals surface area contributed by atoms with E-state index < -0.39 is 30.0 Å². The summed E-state index contributed by atoms with van der Waals surface area (Å²) in [6.07, 6.45) is 3.33. The first-order valence-corrected chi connectivity index (χ1v) is 10.3. The Morgan fingerprint density at radius 2 is 2.30 bits per heavy atom. The van der Waals surface area contributed by atoms with Gasteiger partial charge in [0.2, 0.25) is 5.95 Å². The molecule has 0 unspecified atom stereocenters. The first-order valence-electron chi connectivity index (χ1n) is 12.3. The van der Waals surface area contributed by atoms with Gasteiger partial charge in [-0.05, 0) is 73.4 Å². The summed E-state index contributed by atoms with van der Waals surface area (Å²) in [6, 6.07) is 8.63. The number of benzene rings is 1. The van der Waals surface area contributed by atoms with Gasteiger partial charge in [-0.2, -0.15) is 4.39 Å². The van der Waals surface area contributed by atoms with E-state index in [9.17, 15) is 4.39 Å². The topological polar surface area (TPSA) is 69.7 Å². The summed E-state index contributed by atoms with van der Waals surface area (Å²) in [4.78, 5) is 8.41. The molecule has 0 bridgehead atoms. The van der Waals surface area contributed by atoms with Gasteiger partial charge >= 0.3 is 0 Å². The fraction of sp³-hybridized carbons (Fsp3) is 0.500. The molecule has 1 aliphatic heterocycles. The van der Waals surface area contributed by atoms with Crippen LogP contribution in [0.3, 0.4) is 0 Å². The largest absolute Gasteiger partial charge is 0.462 e. The van der Waals surface area contributed by atoms with Crippen LogP contribution in [0.1, 0.15) is 49.7 Å². The van der Waals surface area contributed by atoms with Crippen LogP contribution in [0.15, 0.2) is 41.5 Å². The molecule has 158 valence electrons. The second-order valence-electron chi connectivity index (χ2n) is 8.62. The van der Waals surface area contributed by atoms with Crippen LogP contribution in [0.5, 0.6) is 0 Å². The Labute approximate surface area is 182 Å². The molecule has 0 amide bonds. The van der Waals surface area contributed by atoms with Crippen molar-refractivity contribution in [2.24, 2.45) is 22.1 Å². The van der Waals surface area contributed by atoms with E-state index in [0.29, 0.717) is 42.4 Å². The minimum atomic E-state index is -2.21. The van der Waals surface area contributed by atoms with Crippen molar-refractivity contribution in [2.75, 3.05) is 13.1 Å². The van der Waals surface area contributed by atoms with Crippen LogP contribution in [0, 0.1) is 17.3 Å². The number of hydrogen-bond donors (Lipinski definition) is 1. The first-order chi connectivity index (χ1) is 15.9. The predicted molar refractivity (Wildman–Crippen MR) is 113 cm³/mol.